The number of hydrogen-bond donors (Lipinski definition) is 1. The molecule has 0 amide bonds. The van der Waals surface area contributed by atoms with Crippen LogP contribution in [0.5, 0.6) is 0 Å². The third-order valence-corrected chi connectivity index (χ3v) is 3.72. The molecule has 2 atom stereocenters. The maximum absolute atomic E-state index is 10.7. The SMILES string of the molecule is CC1CCN(CC2CCC(C(=O)O)O2)CC1. The summed E-state index contributed by atoms with van der Waals surface area (Å²) < 4.78 is 5.51. The second-order valence-corrected chi connectivity index (χ2v) is 5.15. The molecule has 1 N–H and O–H groups in total. The van der Waals surface area contributed by atoms with Crippen molar-refractivity contribution in [2.45, 2.75) is 44.8 Å². The van der Waals surface area contributed by atoms with Crippen LogP contribution in [0.25, 0.3) is 0 Å². The summed E-state index contributed by atoms with van der Waals surface area (Å²) in [6, 6.07) is 0. The number of hydrogen-bond acceptors (Lipinski definition) is 3. The fourth-order valence-electron chi connectivity index (χ4n) is 2.55. The Balaban J connectivity index is 1.73. The van der Waals surface area contributed by atoms with Gasteiger partial charge in [0.2, 0.25) is 0 Å². The van der Waals surface area contributed by atoms with Crippen LogP contribution >= 0.6 is 0 Å². The summed E-state index contributed by atoms with van der Waals surface area (Å²) in [5.41, 5.74) is 0. The molecule has 0 aliphatic carbocycles. The lowest BCUT2D eigenvalue weighted by atomic mass is 9.99. The predicted octanol–water partition coefficient (Wildman–Crippen LogP) is 1.35. The monoisotopic (exact) mass is 227 g/mol. The second kappa shape index (κ2) is 5.15. The van der Waals surface area contributed by atoms with E-state index in [1.165, 1.54) is 12.8 Å². The van der Waals surface area contributed by atoms with Crippen LogP contribution in [0, 0.1) is 5.92 Å². The summed E-state index contributed by atoms with van der Waals surface area (Å²) in [5, 5.41) is 8.83. The first-order valence-corrected chi connectivity index (χ1v) is 6.26. The minimum Gasteiger partial charge on any atom is -0.479 e. The highest BCUT2D eigenvalue weighted by Gasteiger charge is 2.31. The van der Waals surface area contributed by atoms with Crippen LogP contribution in [0.1, 0.15) is 32.6 Å². The second-order valence-electron chi connectivity index (χ2n) is 5.15. The smallest absolute Gasteiger partial charge is 0.332 e. The van der Waals surface area contributed by atoms with Crippen LogP contribution in [-0.2, 0) is 9.53 Å². The van der Waals surface area contributed by atoms with Gasteiger partial charge >= 0.3 is 5.97 Å². The van der Waals surface area contributed by atoms with E-state index >= 15 is 0 Å². The number of piperidine rings is 1. The lowest BCUT2D eigenvalue weighted by molar-refractivity contribution is -0.149. The van der Waals surface area contributed by atoms with Gasteiger partial charge in [-0.1, -0.05) is 6.92 Å². The molecule has 2 fully saturated rings. The molecular weight excluding hydrogens is 206 g/mol. The maximum atomic E-state index is 10.7. The molecular formula is C12H21NO3. The molecule has 0 spiro atoms. The van der Waals surface area contributed by atoms with Crippen molar-refractivity contribution in [2.24, 2.45) is 5.92 Å². The van der Waals surface area contributed by atoms with Gasteiger partial charge in [0.15, 0.2) is 6.10 Å². The lowest BCUT2D eigenvalue weighted by Gasteiger charge is -2.31. The van der Waals surface area contributed by atoms with Crippen LogP contribution in [-0.4, -0.2) is 47.8 Å². The summed E-state index contributed by atoms with van der Waals surface area (Å²) in [6.45, 7) is 5.48. The number of carboxylic acids is 1. The zero-order chi connectivity index (χ0) is 11.5. The third-order valence-electron chi connectivity index (χ3n) is 3.72. The molecule has 0 radical (unpaired) electrons. The zero-order valence-electron chi connectivity index (χ0n) is 9.89. The van der Waals surface area contributed by atoms with Crippen molar-refractivity contribution in [2.75, 3.05) is 19.6 Å². The van der Waals surface area contributed by atoms with E-state index in [0.717, 1.165) is 32.0 Å². The van der Waals surface area contributed by atoms with Gasteiger partial charge in [0.25, 0.3) is 0 Å². The number of carbonyl (C=O) groups is 1. The maximum Gasteiger partial charge on any atom is 0.332 e. The molecule has 2 unspecified atom stereocenters. The Morgan fingerprint density at radius 3 is 2.56 bits per heavy atom. The van der Waals surface area contributed by atoms with Crippen molar-refractivity contribution >= 4 is 5.97 Å². The number of nitrogens with zero attached hydrogens (tertiary/aromatic N) is 1. The number of carboxylic acid groups (broad SMARTS) is 1. The molecule has 4 nitrogen and oxygen atoms in total. The average Bonchev–Trinajstić information content (AvgIpc) is 2.70. The van der Waals surface area contributed by atoms with Gasteiger partial charge < -0.3 is 14.7 Å². The standard InChI is InChI=1S/C12H21NO3/c1-9-4-6-13(7-5-9)8-10-2-3-11(16-10)12(14)15/h9-11H,2-8H2,1H3,(H,14,15). The van der Waals surface area contributed by atoms with Crippen LogP contribution in [0.4, 0.5) is 0 Å². The first-order valence-electron chi connectivity index (χ1n) is 6.26. The molecule has 2 heterocycles. The van der Waals surface area contributed by atoms with E-state index in [0.29, 0.717) is 6.42 Å². The van der Waals surface area contributed by atoms with Gasteiger partial charge in [0.1, 0.15) is 0 Å². The summed E-state index contributed by atoms with van der Waals surface area (Å²) in [6.07, 6.45) is 3.65. The highest BCUT2D eigenvalue weighted by molar-refractivity contribution is 5.72. The van der Waals surface area contributed by atoms with Gasteiger partial charge in [-0.25, -0.2) is 4.79 Å². The fourth-order valence-corrected chi connectivity index (χ4v) is 2.55. The predicted molar refractivity (Wildman–Crippen MR) is 60.4 cm³/mol. The lowest BCUT2D eigenvalue weighted by Crippen LogP contribution is -2.38. The van der Waals surface area contributed by atoms with E-state index in [4.69, 9.17) is 9.84 Å². The zero-order valence-corrected chi connectivity index (χ0v) is 9.89. The largest absolute Gasteiger partial charge is 0.479 e. The van der Waals surface area contributed by atoms with Crippen molar-refractivity contribution < 1.29 is 14.6 Å². The minimum absolute atomic E-state index is 0.134. The van der Waals surface area contributed by atoms with Gasteiger partial charge in [0.05, 0.1) is 6.10 Å². The average molecular weight is 227 g/mol. The summed E-state index contributed by atoms with van der Waals surface area (Å²) >= 11 is 0. The number of likely N-dealkylation sites (tertiary alicyclic amines) is 1. The Morgan fingerprint density at radius 1 is 1.31 bits per heavy atom. The van der Waals surface area contributed by atoms with Crippen LogP contribution in [0.3, 0.4) is 0 Å². The molecule has 16 heavy (non-hydrogen) atoms. The Morgan fingerprint density at radius 2 is 2.00 bits per heavy atom. The van der Waals surface area contributed by atoms with Crippen LogP contribution in [0.15, 0.2) is 0 Å². The van der Waals surface area contributed by atoms with Gasteiger partial charge in [0, 0.05) is 6.54 Å². The first-order chi connectivity index (χ1) is 7.65. The highest BCUT2D eigenvalue weighted by Crippen LogP contribution is 2.23. The summed E-state index contributed by atoms with van der Waals surface area (Å²) in [4.78, 5) is 13.2. The van der Waals surface area contributed by atoms with Crippen LogP contribution < -0.4 is 0 Å². The molecule has 0 aromatic heterocycles. The topological polar surface area (TPSA) is 49.8 Å². The van der Waals surface area contributed by atoms with E-state index in [-0.39, 0.29) is 6.10 Å². The molecule has 0 bridgehead atoms. The van der Waals surface area contributed by atoms with Gasteiger partial charge in [-0.2, -0.15) is 0 Å². The molecule has 2 aliphatic rings. The van der Waals surface area contributed by atoms with Crippen molar-refractivity contribution in [1.29, 1.82) is 0 Å². The highest BCUT2D eigenvalue weighted by atomic mass is 16.5. The van der Waals surface area contributed by atoms with Gasteiger partial charge in [-0.05, 0) is 44.7 Å². The van der Waals surface area contributed by atoms with E-state index in [1.807, 2.05) is 0 Å². The van der Waals surface area contributed by atoms with Crippen molar-refractivity contribution in [3.63, 3.8) is 0 Å². The van der Waals surface area contributed by atoms with Gasteiger partial charge in [-0.15, -0.1) is 0 Å². The van der Waals surface area contributed by atoms with E-state index in [2.05, 4.69) is 11.8 Å². The molecule has 0 saturated carbocycles. The Hall–Kier alpha value is -0.610. The summed E-state index contributed by atoms with van der Waals surface area (Å²) in [7, 11) is 0. The van der Waals surface area contributed by atoms with Crippen molar-refractivity contribution in [1.82, 2.24) is 4.90 Å². The Kier molecular flexibility index (Phi) is 3.82. The first kappa shape index (κ1) is 11.9. The minimum atomic E-state index is -0.810. The molecule has 2 saturated heterocycles. The summed E-state index contributed by atoms with van der Waals surface area (Å²) in [5.74, 6) is 0.0299. The van der Waals surface area contributed by atoms with E-state index in [9.17, 15) is 4.79 Å². The third kappa shape index (κ3) is 2.95. The van der Waals surface area contributed by atoms with Crippen molar-refractivity contribution in [3.8, 4) is 0 Å². The van der Waals surface area contributed by atoms with E-state index < -0.39 is 12.1 Å². The molecule has 2 aliphatic heterocycles. The molecule has 92 valence electrons. The molecule has 2 rings (SSSR count). The van der Waals surface area contributed by atoms with Crippen LogP contribution in [0.2, 0.25) is 0 Å². The molecule has 4 heteroatoms. The normalized spacial score (nSPS) is 33.1. The number of aliphatic carboxylic acids is 1. The van der Waals surface area contributed by atoms with Crippen molar-refractivity contribution in [3.05, 3.63) is 0 Å². The molecule has 0 aromatic rings. The Labute approximate surface area is 96.6 Å². The number of ether oxygens (including phenoxy) is 1. The number of rotatable bonds is 3. The van der Waals surface area contributed by atoms with E-state index in [1.54, 1.807) is 0 Å². The van der Waals surface area contributed by atoms with Gasteiger partial charge in [-0.3, -0.25) is 0 Å². The molecule has 0 aromatic carbocycles. The fraction of sp³-hybridized carbons (Fsp3) is 0.917. The Bertz CT molecular complexity index is 249. The quantitative estimate of drug-likeness (QED) is 0.790.